The number of sulfonamides is 1. The maximum absolute atomic E-state index is 12.2. The van der Waals surface area contributed by atoms with Crippen LogP contribution in [0, 0.1) is 0 Å². The van der Waals surface area contributed by atoms with Gasteiger partial charge in [-0.2, -0.15) is 11.8 Å². The van der Waals surface area contributed by atoms with Crippen LogP contribution >= 0.6 is 11.8 Å². The van der Waals surface area contributed by atoms with Crippen molar-refractivity contribution in [2.75, 3.05) is 25.5 Å². The highest BCUT2D eigenvalue weighted by atomic mass is 32.2. The van der Waals surface area contributed by atoms with Crippen LogP contribution < -0.4 is 9.46 Å². The van der Waals surface area contributed by atoms with E-state index < -0.39 is 10.0 Å². The summed E-state index contributed by atoms with van der Waals surface area (Å²) in [5.41, 5.74) is 0. The van der Waals surface area contributed by atoms with Crippen LogP contribution in [0.5, 0.6) is 5.75 Å². The number of ether oxygens (including phenoxy) is 2. The first-order chi connectivity index (χ1) is 11.0. The molecule has 0 aliphatic carbocycles. The fraction of sp³-hybridized carbons (Fsp3) is 0.625. The highest BCUT2D eigenvalue weighted by Gasteiger charge is 2.16. The van der Waals surface area contributed by atoms with Gasteiger partial charge in [-0.3, -0.25) is 0 Å². The number of hydrogen-bond donors (Lipinski definition) is 1. The SMILES string of the molecule is CC(C)Oc1ccc(S(=O)(=O)NCCSC2CCOCC2)cc1. The molecule has 7 heteroatoms. The Bertz CT molecular complexity index is 566. The van der Waals surface area contributed by atoms with Crippen molar-refractivity contribution >= 4 is 21.8 Å². The zero-order chi connectivity index (χ0) is 16.7. The van der Waals surface area contributed by atoms with Gasteiger partial charge in [0.15, 0.2) is 0 Å². The summed E-state index contributed by atoms with van der Waals surface area (Å²) in [5, 5.41) is 0.584. The zero-order valence-electron chi connectivity index (χ0n) is 13.7. The van der Waals surface area contributed by atoms with Crippen molar-refractivity contribution in [3.63, 3.8) is 0 Å². The van der Waals surface area contributed by atoms with Crippen molar-refractivity contribution in [3.05, 3.63) is 24.3 Å². The Balaban J connectivity index is 1.78. The van der Waals surface area contributed by atoms with Crippen LogP contribution in [0.15, 0.2) is 29.2 Å². The molecular formula is C16H25NO4S2. The first-order valence-corrected chi connectivity index (χ1v) is 10.5. The number of hydrogen-bond acceptors (Lipinski definition) is 5. The maximum atomic E-state index is 12.2. The summed E-state index contributed by atoms with van der Waals surface area (Å²) in [6.45, 7) is 5.93. The molecule has 0 spiro atoms. The average molecular weight is 360 g/mol. The van der Waals surface area contributed by atoms with Crippen molar-refractivity contribution in [2.24, 2.45) is 0 Å². The van der Waals surface area contributed by atoms with Gasteiger partial charge >= 0.3 is 0 Å². The van der Waals surface area contributed by atoms with E-state index in [1.54, 1.807) is 24.3 Å². The van der Waals surface area contributed by atoms with Crippen molar-refractivity contribution < 1.29 is 17.9 Å². The molecule has 5 nitrogen and oxygen atoms in total. The van der Waals surface area contributed by atoms with E-state index in [0.717, 1.165) is 31.8 Å². The van der Waals surface area contributed by atoms with E-state index in [4.69, 9.17) is 9.47 Å². The molecular weight excluding hydrogens is 334 g/mol. The van der Waals surface area contributed by atoms with Gasteiger partial charge in [0.05, 0.1) is 11.0 Å². The molecule has 1 aromatic rings. The lowest BCUT2D eigenvalue weighted by molar-refractivity contribution is 0.100. The Morgan fingerprint density at radius 1 is 1.26 bits per heavy atom. The largest absolute Gasteiger partial charge is 0.491 e. The third-order valence-electron chi connectivity index (χ3n) is 3.42. The lowest BCUT2D eigenvalue weighted by Gasteiger charge is -2.21. The molecule has 0 atom stereocenters. The molecule has 1 saturated heterocycles. The molecule has 0 aromatic heterocycles. The molecule has 1 heterocycles. The minimum absolute atomic E-state index is 0.0674. The Labute approximate surface area is 143 Å². The molecule has 0 radical (unpaired) electrons. The molecule has 1 fully saturated rings. The number of rotatable bonds is 8. The van der Waals surface area contributed by atoms with E-state index >= 15 is 0 Å². The Hall–Kier alpha value is -0.760. The van der Waals surface area contributed by atoms with Crippen molar-refractivity contribution in [3.8, 4) is 5.75 Å². The zero-order valence-corrected chi connectivity index (χ0v) is 15.3. The summed E-state index contributed by atoms with van der Waals surface area (Å²) in [5.74, 6) is 1.45. The maximum Gasteiger partial charge on any atom is 0.240 e. The normalized spacial score (nSPS) is 16.7. The van der Waals surface area contributed by atoms with E-state index in [0.29, 0.717) is 17.5 Å². The van der Waals surface area contributed by atoms with Crippen molar-refractivity contribution in [1.29, 1.82) is 0 Å². The molecule has 130 valence electrons. The molecule has 1 aliphatic rings. The molecule has 0 bridgehead atoms. The van der Waals surface area contributed by atoms with E-state index in [2.05, 4.69) is 4.72 Å². The number of nitrogens with one attached hydrogen (secondary N) is 1. The first-order valence-electron chi connectivity index (χ1n) is 7.93. The smallest absolute Gasteiger partial charge is 0.240 e. The van der Waals surface area contributed by atoms with Gasteiger partial charge < -0.3 is 9.47 Å². The molecule has 0 unspecified atom stereocenters. The minimum Gasteiger partial charge on any atom is -0.491 e. The second kappa shape index (κ2) is 8.92. The summed E-state index contributed by atoms with van der Waals surface area (Å²) in [6.07, 6.45) is 2.17. The van der Waals surface area contributed by atoms with Crippen molar-refractivity contribution in [1.82, 2.24) is 4.72 Å². The third kappa shape index (κ3) is 6.33. The van der Waals surface area contributed by atoms with Gasteiger partial charge in [0.2, 0.25) is 10.0 Å². The predicted molar refractivity (Wildman–Crippen MR) is 93.7 cm³/mol. The lowest BCUT2D eigenvalue weighted by atomic mass is 10.2. The second-order valence-corrected chi connectivity index (χ2v) is 8.89. The van der Waals surface area contributed by atoms with E-state index in [-0.39, 0.29) is 11.0 Å². The van der Waals surface area contributed by atoms with Crippen LogP contribution in [-0.2, 0) is 14.8 Å². The minimum atomic E-state index is -3.45. The lowest BCUT2D eigenvalue weighted by Crippen LogP contribution is -2.27. The van der Waals surface area contributed by atoms with Gasteiger partial charge in [-0.15, -0.1) is 0 Å². The Morgan fingerprint density at radius 2 is 1.91 bits per heavy atom. The molecule has 23 heavy (non-hydrogen) atoms. The van der Waals surface area contributed by atoms with Crippen molar-refractivity contribution in [2.45, 2.75) is 42.9 Å². The van der Waals surface area contributed by atoms with Crippen LogP contribution in [-0.4, -0.2) is 45.3 Å². The highest BCUT2D eigenvalue weighted by molar-refractivity contribution is 8.00. The Morgan fingerprint density at radius 3 is 2.52 bits per heavy atom. The topological polar surface area (TPSA) is 64.6 Å². The van der Waals surface area contributed by atoms with Crippen LogP contribution in [0.4, 0.5) is 0 Å². The third-order valence-corrected chi connectivity index (χ3v) is 6.28. The molecule has 2 rings (SSSR count). The van der Waals surface area contributed by atoms with E-state index in [9.17, 15) is 8.42 Å². The summed E-state index contributed by atoms with van der Waals surface area (Å²) < 4.78 is 38.0. The first kappa shape index (κ1) is 18.6. The van der Waals surface area contributed by atoms with Gasteiger partial charge in [-0.05, 0) is 51.0 Å². The van der Waals surface area contributed by atoms with Crippen LogP contribution in [0.25, 0.3) is 0 Å². The number of thioether (sulfide) groups is 1. The summed E-state index contributed by atoms with van der Waals surface area (Å²) in [6, 6.07) is 6.52. The molecule has 0 saturated carbocycles. The molecule has 1 aromatic carbocycles. The molecule has 0 amide bonds. The predicted octanol–water partition coefficient (Wildman–Crippen LogP) is 2.66. The van der Waals surface area contributed by atoms with Gasteiger partial charge in [0.25, 0.3) is 0 Å². The summed E-state index contributed by atoms with van der Waals surface area (Å²) in [7, 11) is -3.45. The molecule has 1 aliphatic heterocycles. The summed E-state index contributed by atoms with van der Waals surface area (Å²) >= 11 is 1.82. The molecule has 1 N–H and O–H groups in total. The monoisotopic (exact) mass is 359 g/mol. The van der Waals surface area contributed by atoms with Gasteiger partial charge in [0.1, 0.15) is 5.75 Å². The Kier molecular flexibility index (Phi) is 7.20. The highest BCUT2D eigenvalue weighted by Crippen LogP contribution is 2.21. The van der Waals surface area contributed by atoms with Crippen LogP contribution in [0.2, 0.25) is 0 Å². The average Bonchev–Trinajstić information content (AvgIpc) is 2.53. The quantitative estimate of drug-likeness (QED) is 0.723. The van der Waals surface area contributed by atoms with Crippen LogP contribution in [0.1, 0.15) is 26.7 Å². The van der Waals surface area contributed by atoms with Gasteiger partial charge in [-0.25, -0.2) is 13.1 Å². The van der Waals surface area contributed by atoms with Gasteiger partial charge in [-0.1, -0.05) is 0 Å². The second-order valence-electron chi connectivity index (χ2n) is 5.72. The van der Waals surface area contributed by atoms with Crippen LogP contribution in [0.3, 0.4) is 0 Å². The van der Waals surface area contributed by atoms with E-state index in [1.165, 1.54) is 0 Å². The van der Waals surface area contributed by atoms with E-state index in [1.807, 2.05) is 25.6 Å². The standard InChI is InChI=1S/C16H25NO4S2/c1-13(2)21-14-3-5-16(6-4-14)23(18,19)17-9-12-22-15-7-10-20-11-8-15/h3-6,13,15,17H,7-12H2,1-2H3. The fourth-order valence-electron chi connectivity index (χ4n) is 2.30. The number of benzene rings is 1. The van der Waals surface area contributed by atoms with Gasteiger partial charge in [0, 0.05) is 30.8 Å². The summed E-state index contributed by atoms with van der Waals surface area (Å²) in [4.78, 5) is 0.268. The fourth-order valence-corrected chi connectivity index (χ4v) is 4.54.